The van der Waals surface area contributed by atoms with Crippen LogP contribution >= 0.6 is 23.2 Å². The van der Waals surface area contributed by atoms with Crippen LogP contribution in [0.4, 0.5) is 18.9 Å². The molecule has 1 heterocycles. The Morgan fingerprint density at radius 2 is 2.12 bits per heavy atom. The molecule has 0 fully saturated rings. The first-order chi connectivity index (χ1) is 11.8. The molecule has 5 nitrogen and oxygen atoms in total. The monoisotopic (exact) mass is 393 g/mol. The van der Waals surface area contributed by atoms with E-state index in [9.17, 15) is 13.2 Å². The van der Waals surface area contributed by atoms with Gasteiger partial charge in [-0.25, -0.2) is 9.07 Å². The van der Waals surface area contributed by atoms with Gasteiger partial charge in [0.15, 0.2) is 5.75 Å². The largest absolute Gasteiger partial charge is 0.493 e. The van der Waals surface area contributed by atoms with Crippen molar-refractivity contribution in [3.63, 3.8) is 0 Å². The first-order valence-corrected chi connectivity index (χ1v) is 7.48. The molecule has 0 aliphatic heterocycles. The molecule has 1 N–H and O–H groups in total. The van der Waals surface area contributed by atoms with Crippen molar-refractivity contribution < 1.29 is 22.6 Å². The Morgan fingerprint density at radius 3 is 2.68 bits per heavy atom. The zero-order valence-corrected chi connectivity index (χ0v) is 14.6. The van der Waals surface area contributed by atoms with Gasteiger partial charge in [0.25, 0.3) is 0 Å². The molecule has 0 amide bonds. The first-order valence-electron chi connectivity index (χ1n) is 6.72. The number of aromatic nitrogens is 2. The maximum Gasteiger partial charge on any atom is 0.388 e. The van der Waals surface area contributed by atoms with E-state index in [0.717, 1.165) is 10.7 Å². The average molecular weight is 394 g/mol. The Morgan fingerprint density at radius 1 is 1.44 bits per heavy atom. The number of nitrogens with one attached hydrogen (secondary N) is 1. The molecule has 0 spiro atoms. The van der Waals surface area contributed by atoms with E-state index in [4.69, 9.17) is 34.4 Å². The minimum atomic E-state index is -3.12. The molecule has 25 heavy (non-hydrogen) atoms. The van der Waals surface area contributed by atoms with Crippen molar-refractivity contribution in [1.29, 1.82) is 0 Å². The number of methoxy groups -OCH3 is 1. The van der Waals surface area contributed by atoms with Gasteiger partial charge in [-0.05, 0) is 6.07 Å². The van der Waals surface area contributed by atoms with Gasteiger partial charge in [-0.2, -0.15) is 13.9 Å². The van der Waals surface area contributed by atoms with Crippen LogP contribution in [0.2, 0.25) is 10.0 Å². The van der Waals surface area contributed by atoms with Crippen LogP contribution in [-0.2, 0) is 7.05 Å². The Bertz CT molecular complexity index is 835. The lowest BCUT2D eigenvalue weighted by molar-refractivity contribution is -0.0552. The molecule has 0 saturated heterocycles. The molecular weight excluding hydrogens is 382 g/mol. The van der Waals surface area contributed by atoms with E-state index in [0.29, 0.717) is 0 Å². The number of hydrogen-bond donors (Lipinski definition) is 1. The standard InChI is InChI=1S/C15H12Cl2F3N3O2/c1-4-5-21-12-9(8(18)6-7(16)13(12)24-3)11-10(17)14(23(2)22-11)25-15(19)20/h1,6,15,21H,5H2,2-3H3. The lowest BCUT2D eigenvalue weighted by atomic mass is 10.1. The van der Waals surface area contributed by atoms with Gasteiger partial charge in [0.05, 0.1) is 29.9 Å². The molecule has 2 aromatic rings. The molecule has 134 valence electrons. The minimum absolute atomic E-state index is 0.0145. The Labute approximate surface area is 151 Å². The van der Waals surface area contributed by atoms with Gasteiger partial charge in [0.1, 0.15) is 16.5 Å². The number of hydrogen-bond acceptors (Lipinski definition) is 4. The van der Waals surface area contributed by atoms with Crippen molar-refractivity contribution >= 4 is 28.9 Å². The van der Waals surface area contributed by atoms with Crippen LogP contribution in [0.1, 0.15) is 0 Å². The van der Waals surface area contributed by atoms with Crippen LogP contribution in [0, 0.1) is 18.2 Å². The molecule has 10 heteroatoms. The zero-order valence-electron chi connectivity index (χ0n) is 13.0. The van der Waals surface area contributed by atoms with Gasteiger partial charge in [-0.15, -0.1) is 6.42 Å². The number of alkyl halides is 2. The molecule has 0 bridgehead atoms. The molecule has 0 aliphatic carbocycles. The van der Waals surface area contributed by atoms with Crippen LogP contribution in [-0.4, -0.2) is 30.0 Å². The summed E-state index contributed by atoms with van der Waals surface area (Å²) < 4.78 is 50.1. The second-order valence-electron chi connectivity index (χ2n) is 4.65. The third-order valence-corrected chi connectivity index (χ3v) is 3.76. The Hall–Kier alpha value is -2.24. The number of halogens is 5. The van der Waals surface area contributed by atoms with Gasteiger partial charge in [-0.3, -0.25) is 0 Å². The molecule has 0 aliphatic rings. The summed E-state index contributed by atoms with van der Waals surface area (Å²) in [6.07, 6.45) is 5.22. The number of nitrogens with zero attached hydrogens (tertiary/aromatic N) is 2. The summed E-state index contributed by atoms with van der Waals surface area (Å²) >= 11 is 12.1. The molecule has 1 aromatic carbocycles. The summed E-state index contributed by atoms with van der Waals surface area (Å²) in [5.74, 6) is 1.22. The van der Waals surface area contributed by atoms with E-state index < -0.39 is 18.3 Å². The summed E-state index contributed by atoms with van der Waals surface area (Å²) in [5, 5.41) is 6.43. The number of ether oxygens (including phenoxy) is 2. The highest BCUT2D eigenvalue weighted by atomic mass is 35.5. The van der Waals surface area contributed by atoms with E-state index in [-0.39, 0.29) is 39.3 Å². The van der Waals surface area contributed by atoms with Crippen molar-refractivity contribution in [2.75, 3.05) is 19.0 Å². The maximum absolute atomic E-state index is 14.6. The van der Waals surface area contributed by atoms with Gasteiger partial charge in [0, 0.05) is 7.05 Å². The second-order valence-corrected chi connectivity index (χ2v) is 5.44. The lowest BCUT2D eigenvalue weighted by Gasteiger charge is -2.16. The van der Waals surface area contributed by atoms with Gasteiger partial charge in [0.2, 0.25) is 5.88 Å². The highest BCUT2D eigenvalue weighted by Crippen LogP contribution is 2.46. The van der Waals surface area contributed by atoms with Crippen molar-refractivity contribution in [3.05, 3.63) is 21.9 Å². The van der Waals surface area contributed by atoms with Crippen molar-refractivity contribution in [2.45, 2.75) is 6.61 Å². The minimum Gasteiger partial charge on any atom is -0.493 e. The third-order valence-electron chi connectivity index (χ3n) is 3.13. The highest BCUT2D eigenvalue weighted by molar-refractivity contribution is 6.35. The summed E-state index contributed by atoms with van der Waals surface area (Å²) in [6, 6.07) is 0.995. The zero-order chi connectivity index (χ0) is 18.7. The van der Waals surface area contributed by atoms with E-state index >= 15 is 0 Å². The highest BCUT2D eigenvalue weighted by Gasteiger charge is 2.27. The number of rotatable bonds is 6. The fraction of sp³-hybridized carbons (Fsp3) is 0.267. The first kappa shape index (κ1) is 19.1. The Balaban J connectivity index is 2.72. The molecule has 1 aromatic heterocycles. The summed E-state index contributed by atoms with van der Waals surface area (Å²) in [6.45, 7) is -3.10. The molecule has 0 atom stereocenters. The summed E-state index contributed by atoms with van der Waals surface area (Å²) in [5.41, 5.74) is -0.179. The topological polar surface area (TPSA) is 48.3 Å². The number of terminal acetylenes is 1. The normalized spacial score (nSPS) is 10.7. The molecule has 0 unspecified atom stereocenters. The number of benzene rings is 1. The maximum atomic E-state index is 14.6. The van der Waals surface area contributed by atoms with Crippen LogP contribution in [0.3, 0.4) is 0 Å². The fourth-order valence-corrected chi connectivity index (χ4v) is 2.76. The van der Waals surface area contributed by atoms with Crippen molar-refractivity contribution in [3.8, 4) is 35.2 Å². The van der Waals surface area contributed by atoms with Gasteiger partial charge < -0.3 is 14.8 Å². The summed E-state index contributed by atoms with van der Waals surface area (Å²) in [4.78, 5) is 0. The number of aryl methyl sites for hydroxylation is 1. The smallest absolute Gasteiger partial charge is 0.388 e. The van der Waals surface area contributed by atoms with Crippen LogP contribution in [0.5, 0.6) is 11.6 Å². The third kappa shape index (κ3) is 3.72. The number of anilines is 1. The van der Waals surface area contributed by atoms with Gasteiger partial charge in [-0.1, -0.05) is 29.1 Å². The fourth-order valence-electron chi connectivity index (χ4n) is 2.20. The average Bonchev–Trinajstić information content (AvgIpc) is 2.80. The summed E-state index contributed by atoms with van der Waals surface area (Å²) in [7, 11) is 2.65. The predicted molar refractivity (Wildman–Crippen MR) is 89.1 cm³/mol. The van der Waals surface area contributed by atoms with Crippen molar-refractivity contribution in [1.82, 2.24) is 9.78 Å². The Kier molecular flexibility index (Phi) is 5.93. The van der Waals surface area contributed by atoms with E-state index in [2.05, 4.69) is 21.1 Å². The molecule has 2 rings (SSSR count). The molecule has 0 saturated carbocycles. The quantitative estimate of drug-likeness (QED) is 0.747. The van der Waals surface area contributed by atoms with E-state index in [1.54, 1.807) is 0 Å². The van der Waals surface area contributed by atoms with E-state index in [1.807, 2.05) is 0 Å². The van der Waals surface area contributed by atoms with Crippen molar-refractivity contribution in [2.24, 2.45) is 7.05 Å². The second kappa shape index (κ2) is 7.76. The predicted octanol–water partition coefficient (Wildman–Crippen LogP) is 4.19. The van der Waals surface area contributed by atoms with Crippen LogP contribution < -0.4 is 14.8 Å². The molecule has 0 radical (unpaired) electrons. The van der Waals surface area contributed by atoms with Gasteiger partial charge >= 0.3 is 6.61 Å². The van der Waals surface area contributed by atoms with E-state index in [1.165, 1.54) is 14.2 Å². The van der Waals surface area contributed by atoms with Crippen LogP contribution in [0.15, 0.2) is 6.07 Å². The van der Waals surface area contributed by atoms with Crippen LogP contribution in [0.25, 0.3) is 11.3 Å². The lowest BCUT2D eigenvalue weighted by Crippen LogP contribution is -2.06. The molecular formula is C15H12Cl2F3N3O2. The SMILES string of the molecule is C#CCNc1c(OC)c(Cl)cc(F)c1-c1nn(C)c(OC(F)F)c1Cl.